The average molecular weight is 270 g/mol. The summed E-state index contributed by atoms with van der Waals surface area (Å²) >= 11 is 0. The largest absolute Gasteiger partial charge is 0.377 e. The number of ether oxygens (including phenoxy) is 1. The minimum absolute atomic E-state index is 0.0447. The summed E-state index contributed by atoms with van der Waals surface area (Å²) in [6, 6.07) is 2.25. The summed E-state index contributed by atoms with van der Waals surface area (Å²) < 4.78 is 32.7. The predicted molar refractivity (Wildman–Crippen MR) is 65.3 cm³/mol. The van der Waals surface area contributed by atoms with Gasteiger partial charge in [-0.1, -0.05) is 6.07 Å². The summed E-state index contributed by atoms with van der Waals surface area (Å²) in [5.74, 6) is -2.39. The molecule has 0 spiro atoms. The molecule has 0 aliphatic carbocycles. The lowest BCUT2D eigenvalue weighted by atomic mass is 10.0. The number of primary amides is 1. The van der Waals surface area contributed by atoms with E-state index in [9.17, 15) is 13.6 Å². The Hall–Kier alpha value is -1.53. The number of rotatable bonds is 5. The second-order valence-corrected chi connectivity index (χ2v) is 4.51. The van der Waals surface area contributed by atoms with Gasteiger partial charge >= 0.3 is 0 Å². The second-order valence-electron chi connectivity index (χ2n) is 4.51. The van der Waals surface area contributed by atoms with Crippen LogP contribution in [0.4, 0.5) is 8.78 Å². The van der Waals surface area contributed by atoms with Gasteiger partial charge in [-0.3, -0.25) is 10.1 Å². The average Bonchev–Trinajstić information content (AvgIpc) is 2.85. The Morgan fingerprint density at radius 3 is 2.68 bits per heavy atom. The molecule has 0 radical (unpaired) electrons. The Balaban J connectivity index is 2.13. The van der Waals surface area contributed by atoms with Gasteiger partial charge in [0.25, 0.3) is 0 Å². The van der Waals surface area contributed by atoms with Crippen LogP contribution in [0.2, 0.25) is 0 Å². The van der Waals surface area contributed by atoms with E-state index < -0.39 is 23.6 Å². The molecule has 1 aromatic rings. The van der Waals surface area contributed by atoms with Gasteiger partial charge in [-0.25, -0.2) is 8.78 Å². The highest BCUT2D eigenvalue weighted by Crippen LogP contribution is 2.21. The Bertz CT molecular complexity index is 442. The Kier molecular flexibility index (Phi) is 4.44. The fraction of sp³-hybridized carbons (Fsp3) is 0.462. The Morgan fingerprint density at radius 1 is 1.47 bits per heavy atom. The van der Waals surface area contributed by atoms with Crippen molar-refractivity contribution in [2.75, 3.05) is 13.2 Å². The molecule has 1 heterocycles. The second kappa shape index (κ2) is 6.08. The van der Waals surface area contributed by atoms with Crippen molar-refractivity contribution in [2.45, 2.75) is 25.0 Å². The summed E-state index contributed by atoms with van der Waals surface area (Å²) in [4.78, 5) is 11.4. The lowest BCUT2D eigenvalue weighted by molar-refractivity contribution is -0.120. The van der Waals surface area contributed by atoms with Crippen LogP contribution in [0.25, 0.3) is 0 Å². The van der Waals surface area contributed by atoms with E-state index in [0.29, 0.717) is 13.2 Å². The molecule has 3 N–H and O–H groups in total. The van der Waals surface area contributed by atoms with Gasteiger partial charge in [-0.2, -0.15) is 0 Å². The molecule has 4 nitrogen and oxygen atoms in total. The molecule has 1 aliphatic heterocycles. The van der Waals surface area contributed by atoms with E-state index >= 15 is 0 Å². The van der Waals surface area contributed by atoms with Crippen molar-refractivity contribution in [3.63, 3.8) is 0 Å². The van der Waals surface area contributed by atoms with Crippen molar-refractivity contribution in [3.05, 3.63) is 35.4 Å². The maximum absolute atomic E-state index is 13.6. The zero-order valence-corrected chi connectivity index (χ0v) is 10.4. The summed E-state index contributed by atoms with van der Waals surface area (Å²) in [7, 11) is 0. The Morgan fingerprint density at radius 2 is 2.16 bits per heavy atom. The number of nitrogens with two attached hydrogens (primary N) is 1. The molecular weight excluding hydrogens is 254 g/mol. The van der Waals surface area contributed by atoms with Crippen LogP contribution in [0.1, 0.15) is 24.4 Å². The summed E-state index contributed by atoms with van der Waals surface area (Å²) in [5.41, 5.74) is 4.88. The molecule has 19 heavy (non-hydrogen) atoms. The van der Waals surface area contributed by atoms with Gasteiger partial charge in [0.1, 0.15) is 17.7 Å². The first kappa shape index (κ1) is 13.9. The molecule has 1 aromatic carbocycles. The molecule has 0 saturated carbocycles. The Labute approximate surface area is 109 Å². The van der Waals surface area contributed by atoms with Crippen LogP contribution < -0.4 is 11.1 Å². The van der Waals surface area contributed by atoms with Crippen LogP contribution in [0.15, 0.2) is 18.2 Å². The fourth-order valence-electron chi connectivity index (χ4n) is 2.19. The normalized spacial score (nSPS) is 20.4. The van der Waals surface area contributed by atoms with Crippen LogP contribution in [0, 0.1) is 11.6 Å². The third kappa shape index (κ3) is 3.27. The van der Waals surface area contributed by atoms with Crippen molar-refractivity contribution in [2.24, 2.45) is 5.73 Å². The van der Waals surface area contributed by atoms with Crippen LogP contribution in [0.3, 0.4) is 0 Å². The number of amides is 1. The topological polar surface area (TPSA) is 64.4 Å². The molecular formula is C13H16F2N2O2. The first-order valence-corrected chi connectivity index (χ1v) is 6.18. The highest BCUT2D eigenvalue weighted by Gasteiger charge is 2.26. The van der Waals surface area contributed by atoms with E-state index in [2.05, 4.69) is 5.32 Å². The quantitative estimate of drug-likeness (QED) is 0.846. The van der Waals surface area contributed by atoms with Crippen molar-refractivity contribution < 1.29 is 18.3 Å². The number of hydrogen-bond acceptors (Lipinski definition) is 3. The summed E-state index contributed by atoms with van der Waals surface area (Å²) in [6.07, 6.45) is 1.76. The van der Waals surface area contributed by atoms with Crippen LogP contribution in [-0.4, -0.2) is 25.2 Å². The van der Waals surface area contributed by atoms with E-state index in [1.165, 1.54) is 6.07 Å². The molecule has 1 aliphatic rings. The minimum atomic E-state index is -1.19. The zero-order chi connectivity index (χ0) is 13.8. The molecule has 1 fully saturated rings. The lowest BCUT2D eigenvalue weighted by Crippen LogP contribution is -2.38. The maximum atomic E-state index is 13.6. The third-order valence-electron chi connectivity index (χ3n) is 3.15. The van der Waals surface area contributed by atoms with Crippen molar-refractivity contribution >= 4 is 5.91 Å². The van der Waals surface area contributed by atoms with Gasteiger partial charge < -0.3 is 10.5 Å². The number of hydrogen-bond donors (Lipinski definition) is 2. The van der Waals surface area contributed by atoms with Crippen LogP contribution in [-0.2, 0) is 9.53 Å². The van der Waals surface area contributed by atoms with E-state index in [1.54, 1.807) is 0 Å². The minimum Gasteiger partial charge on any atom is -0.377 e. The van der Waals surface area contributed by atoms with Gasteiger partial charge in [-0.15, -0.1) is 0 Å². The molecule has 104 valence electrons. The van der Waals surface area contributed by atoms with Crippen molar-refractivity contribution in [3.8, 4) is 0 Å². The molecule has 1 amide bonds. The highest BCUT2D eigenvalue weighted by atomic mass is 19.1. The molecule has 0 bridgehead atoms. The third-order valence-corrected chi connectivity index (χ3v) is 3.15. The number of benzene rings is 1. The molecule has 2 atom stereocenters. The van der Waals surface area contributed by atoms with Gasteiger partial charge in [-0.05, 0) is 25.0 Å². The predicted octanol–water partition coefficient (Wildman–Crippen LogP) is 1.26. The van der Waals surface area contributed by atoms with E-state index in [0.717, 1.165) is 25.0 Å². The zero-order valence-electron chi connectivity index (χ0n) is 10.4. The number of carbonyl (C=O) groups excluding carboxylic acids is 1. The summed E-state index contributed by atoms with van der Waals surface area (Å²) in [5, 5.41) is 2.78. The van der Waals surface area contributed by atoms with Gasteiger partial charge in [0.05, 0.1) is 6.10 Å². The molecule has 1 saturated heterocycles. The van der Waals surface area contributed by atoms with Crippen LogP contribution in [0.5, 0.6) is 0 Å². The lowest BCUT2D eigenvalue weighted by Gasteiger charge is -2.19. The number of halogens is 2. The van der Waals surface area contributed by atoms with E-state index in [4.69, 9.17) is 10.5 Å². The monoisotopic (exact) mass is 270 g/mol. The highest BCUT2D eigenvalue weighted by molar-refractivity contribution is 5.81. The SMILES string of the molecule is NC(=O)C(NCC1CCCO1)c1c(F)cccc1F. The molecule has 2 rings (SSSR count). The van der Waals surface area contributed by atoms with Gasteiger partial charge in [0.2, 0.25) is 5.91 Å². The molecule has 6 heteroatoms. The number of nitrogens with one attached hydrogen (secondary N) is 1. The smallest absolute Gasteiger partial charge is 0.239 e. The van der Waals surface area contributed by atoms with Crippen molar-refractivity contribution in [1.29, 1.82) is 0 Å². The van der Waals surface area contributed by atoms with Gasteiger partial charge in [0, 0.05) is 18.7 Å². The van der Waals surface area contributed by atoms with Gasteiger partial charge in [0.15, 0.2) is 0 Å². The van der Waals surface area contributed by atoms with E-state index in [-0.39, 0.29) is 11.7 Å². The molecule has 0 aromatic heterocycles. The van der Waals surface area contributed by atoms with Crippen LogP contribution >= 0.6 is 0 Å². The number of carbonyl (C=O) groups is 1. The van der Waals surface area contributed by atoms with Crippen molar-refractivity contribution in [1.82, 2.24) is 5.32 Å². The standard InChI is InChI=1S/C13H16F2N2O2/c14-9-4-1-5-10(15)11(9)12(13(16)18)17-7-8-3-2-6-19-8/h1,4-5,8,12,17H,2-3,6-7H2,(H2,16,18). The first-order valence-electron chi connectivity index (χ1n) is 6.18. The summed E-state index contributed by atoms with van der Waals surface area (Å²) in [6.45, 7) is 1.00. The molecule has 2 unspecified atom stereocenters. The maximum Gasteiger partial charge on any atom is 0.239 e. The fourth-order valence-corrected chi connectivity index (χ4v) is 2.19. The van der Waals surface area contributed by atoms with E-state index in [1.807, 2.05) is 0 Å². The first-order chi connectivity index (χ1) is 9.09.